The van der Waals surface area contributed by atoms with E-state index >= 15 is 0 Å². The molecule has 0 aliphatic carbocycles. The van der Waals surface area contributed by atoms with E-state index in [1.54, 1.807) is 19.0 Å². The zero-order valence-corrected chi connectivity index (χ0v) is 12.5. The molecule has 0 aliphatic heterocycles. The molecule has 0 spiro atoms. The minimum Gasteiger partial charge on any atom is -0.357 e. The van der Waals surface area contributed by atoms with E-state index in [4.69, 9.17) is 0 Å². The molecule has 0 fully saturated rings. The molecule has 20 heavy (non-hydrogen) atoms. The third kappa shape index (κ3) is 6.22. The normalized spacial score (nSPS) is 11.1. The van der Waals surface area contributed by atoms with Crippen LogP contribution in [0, 0.1) is 0 Å². The van der Waals surface area contributed by atoms with E-state index in [-0.39, 0.29) is 5.91 Å². The van der Waals surface area contributed by atoms with Crippen LogP contribution < -0.4 is 10.6 Å². The Balaban J connectivity index is 2.45. The number of carbonyl (C=O) groups excluding carboxylic acids is 1. The van der Waals surface area contributed by atoms with Crippen molar-refractivity contribution < 1.29 is 4.79 Å². The summed E-state index contributed by atoms with van der Waals surface area (Å²) in [4.78, 5) is 17.6. The van der Waals surface area contributed by atoms with Gasteiger partial charge in [0.15, 0.2) is 5.96 Å². The number of carbonyl (C=O) groups is 1. The number of benzene rings is 1. The molecule has 1 aromatic rings. The first kappa shape index (κ1) is 16.0. The third-order valence-electron chi connectivity index (χ3n) is 2.74. The van der Waals surface area contributed by atoms with Crippen molar-refractivity contribution >= 4 is 11.9 Å². The topological polar surface area (TPSA) is 56.7 Å². The van der Waals surface area contributed by atoms with Crippen molar-refractivity contribution in [2.24, 2.45) is 4.99 Å². The molecule has 1 amide bonds. The lowest BCUT2D eigenvalue weighted by Gasteiger charge is -2.13. The zero-order valence-electron chi connectivity index (χ0n) is 12.5. The predicted molar refractivity (Wildman–Crippen MR) is 82.6 cm³/mol. The molecule has 2 N–H and O–H groups in total. The Morgan fingerprint density at radius 1 is 1.20 bits per heavy atom. The summed E-state index contributed by atoms with van der Waals surface area (Å²) in [6.07, 6.45) is 0.461. The Labute approximate surface area is 121 Å². The predicted octanol–water partition coefficient (Wildman–Crippen LogP) is 1.22. The number of rotatable bonds is 6. The molecule has 5 nitrogen and oxygen atoms in total. The monoisotopic (exact) mass is 276 g/mol. The van der Waals surface area contributed by atoms with Gasteiger partial charge in [0.05, 0.1) is 6.54 Å². The van der Waals surface area contributed by atoms with E-state index < -0.39 is 0 Å². The molecule has 0 bridgehead atoms. The number of nitrogens with one attached hydrogen (secondary N) is 2. The van der Waals surface area contributed by atoms with E-state index in [2.05, 4.69) is 15.6 Å². The van der Waals surface area contributed by atoms with Crippen LogP contribution >= 0.6 is 0 Å². The minimum atomic E-state index is 0.108. The molecule has 0 radical (unpaired) electrons. The number of aliphatic imine (C=N–C) groups is 1. The van der Waals surface area contributed by atoms with Crippen molar-refractivity contribution in [3.8, 4) is 0 Å². The number of guanidine groups is 1. The zero-order chi connectivity index (χ0) is 14.8. The van der Waals surface area contributed by atoms with Crippen LogP contribution in [0.25, 0.3) is 0 Å². The summed E-state index contributed by atoms with van der Waals surface area (Å²) in [6.45, 7) is 4.02. The highest BCUT2D eigenvalue weighted by molar-refractivity contribution is 5.81. The first-order valence-electron chi connectivity index (χ1n) is 6.89. The van der Waals surface area contributed by atoms with Gasteiger partial charge in [0, 0.05) is 33.6 Å². The standard InChI is InChI=1S/C15H24N4O/c1-4-16-15(17-11-10-14(20)19(2)3)18-12-13-8-6-5-7-9-13/h5-9H,4,10-12H2,1-3H3,(H2,16,17,18). The summed E-state index contributed by atoms with van der Waals surface area (Å²) in [6, 6.07) is 10.1. The highest BCUT2D eigenvalue weighted by Crippen LogP contribution is 1.99. The van der Waals surface area contributed by atoms with Crippen LogP contribution in [0.4, 0.5) is 0 Å². The molecule has 0 unspecified atom stereocenters. The van der Waals surface area contributed by atoms with Gasteiger partial charge >= 0.3 is 0 Å². The molecule has 0 saturated heterocycles. The van der Waals surface area contributed by atoms with E-state index in [0.717, 1.165) is 18.1 Å². The maximum absolute atomic E-state index is 11.5. The molecule has 1 aromatic carbocycles. The van der Waals surface area contributed by atoms with Crippen LogP contribution in [0.1, 0.15) is 18.9 Å². The van der Waals surface area contributed by atoms with Crippen LogP contribution in [0.15, 0.2) is 35.3 Å². The lowest BCUT2D eigenvalue weighted by molar-refractivity contribution is -0.128. The fourth-order valence-corrected chi connectivity index (χ4v) is 1.61. The Morgan fingerprint density at radius 3 is 2.50 bits per heavy atom. The molecular weight excluding hydrogens is 252 g/mol. The number of nitrogens with zero attached hydrogens (tertiary/aromatic N) is 2. The van der Waals surface area contributed by atoms with Crippen LogP contribution in [0.3, 0.4) is 0 Å². The maximum atomic E-state index is 11.5. The summed E-state index contributed by atoms with van der Waals surface area (Å²) >= 11 is 0. The van der Waals surface area contributed by atoms with Gasteiger partial charge in [-0.15, -0.1) is 0 Å². The van der Waals surface area contributed by atoms with E-state index in [1.807, 2.05) is 37.3 Å². The summed E-state index contributed by atoms with van der Waals surface area (Å²) in [5.74, 6) is 0.847. The lowest BCUT2D eigenvalue weighted by atomic mass is 10.2. The Bertz CT molecular complexity index is 429. The highest BCUT2D eigenvalue weighted by Gasteiger charge is 2.04. The summed E-state index contributed by atoms with van der Waals surface area (Å²) < 4.78 is 0. The fourth-order valence-electron chi connectivity index (χ4n) is 1.61. The molecule has 1 rings (SSSR count). The summed E-state index contributed by atoms with van der Waals surface area (Å²) in [7, 11) is 3.52. The molecule has 0 saturated carbocycles. The van der Waals surface area contributed by atoms with Crippen LogP contribution in [-0.4, -0.2) is 44.0 Å². The summed E-state index contributed by atoms with van der Waals surface area (Å²) in [5, 5.41) is 6.34. The maximum Gasteiger partial charge on any atom is 0.223 e. The highest BCUT2D eigenvalue weighted by atomic mass is 16.2. The average molecular weight is 276 g/mol. The number of amides is 1. The van der Waals surface area contributed by atoms with Gasteiger partial charge in [-0.2, -0.15) is 0 Å². The molecule has 0 atom stereocenters. The SMILES string of the molecule is CCNC(=NCc1ccccc1)NCCC(=O)N(C)C. The van der Waals surface area contributed by atoms with E-state index in [0.29, 0.717) is 19.5 Å². The Hall–Kier alpha value is -2.04. The fraction of sp³-hybridized carbons (Fsp3) is 0.467. The van der Waals surface area contributed by atoms with Gasteiger partial charge in [-0.05, 0) is 12.5 Å². The minimum absolute atomic E-state index is 0.108. The van der Waals surface area contributed by atoms with Crippen molar-refractivity contribution in [1.82, 2.24) is 15.5 Å². The van der Waals surface area contributed by atoms with Crippen molar-refractivity contribution in [2.75, 3.05) is 27.2 Å². The average Bonchev–Trinajstić information content (AvgIpc) is 2.45. The second-order valence-electron chi connectivity index (χ2n) is 4.65. The molecule has 0 heterocycles. The van der Waals surface area contributed by atoms with Gasteiger partial charge in [-0.1, -0.05) is 30.3 Å². The van der Waals surface area contributed by atoms with Crippen LogP contribution in [0.5, 0.6) is 0 Å². The first-order valence-corrected chi connectivity index (χ1v) is 6.89. The lowest BCUT2D eigenvalue weighted by Crippen LogP contribution is -2.39. The third-order valence-corrected chi connectivity index (χ3v) is 2.74. The van der Waals surface area contributed by atoms with E-state index in [1.165, 1.54) is 0 Å². The van der Waals surface area contributed by atoms with E-state index in [9.17, 15) is 4.79 Å². The second-order valence-corrected chi connectivity index (χ2v) is 4.65. The second kappa shape index (κ2) is 8.96. The van der Waals surface area contributed by atoms with Gasteiger partial charge in [-0.25, -0.2) is 4.99 Å². The van der Waals surface area contributed by atoms with Crippen molar-refractivity contribution in [3.05, 3.63) is 35.9 Å². The van der Waals surface area contributed by atoms with Gasteiger partial charge in [-0.3, -0.25) is 4.79 Å². The Kier molecular flexibility index (Phi) is 7.17. The summed E-state index contributed by atoms with van der Waals surface area (Å²) in [5.41, 5.74) is 1.16. The van der Waals surface area contributed by atoms with Crippen molar-refractivity contribution in [3.63, 3.8) is 0 Å². The molecular formula is C15H24N4O. The quantitative estimate of drug-likeness (QED) is 0.607. The first-order chi connectivity index (χ1) is 9.63. The smallest absolute Gasteiger partial charge is 0.223 e. The Morgan fingerprint density at radius 2 is 1.90 bits per heavy atom. The van der Waals surface area contributed by atoms with Gasteiger partial charge in [0.2, 0.25) is 5.91 Å². The van der Waals surface area contributed by atoms with Crippen LogP contribution in [0.2, 0.25) is 0 Å². The molecule has 110 valence electrons. The van der Waals surface area contributed by atoms with Crippen LogP contribution in [-0.2, 0) is 11.3 Å². The van der Waals surface area contributed by atoms with Gasteiger partial charge < -0.3 is 15.5 Å². The van der Waals surface area contributed by atoms with Gasteiger partial charge in [0.25, 0.3) is 0 Å². The van der Waals surface area contributed by atoms with Gasteiger partial charge in [0.1, 0.15) is 0 Å². The molecule has 0 aromatic heterocycles. The van der Waals surface area contributed by atoms with Crippen molar-refractivity contribution in [2.45, 2.75) is 19.9 Å². The largest absolute Gasteiger partial charge is 0.357 e. The molecule has 0 aliphatic rings. The molecule has 5 heteroatoms. The number of hydrogen-bond acceptors (Lipinski definition) is 2. The number of hydrogen-bond donors (Lipinski definition) is 2. The van der Waals surface area contributed by atoms with Crippen molar-refractivity contribution in [1.29, 1.82) is 0 Å².